The summed E-state index contributed by atoms with van der Waals surface area (Å²) in [5.41, 5.74) is 0.437. The van der Waals surface area contributed by atoms with E-state index in [0.717, 1.165) is 0 Å². The predicted octanol–water partition coefficient (Wildman–Crippen LogP) is 3.64. The number of alkyl halides is 3. The van der Waals surface area contributed by atoms with Crippen LogP contribution in [0.3, 0.4) is 0 Å². The second kappa shape index (κ2) is 8.27. The second-order valence-electron chi connectivity index (χ2n) is 6.63. The molecule has 0 aliphatic carbocycles. The normalized spacial score (nSPS) is 14.2. The van der Waals surface area contributed by atoms with Crippen molar-refractivity contribution in [2.75, 3.05) is 5.32 Å². The first kappa shape index (κ1) is 22.1. The van der Waals surface area contributed by atoms with Crippen LogP contribution in [0.1, 0.15) is 39.9 Å². The van der Waals surface area contributed by atoms with Crippen molar-refractivity contribution >= 4 is 46.5 Å². The maximum Gasteiger partial charge on any atom is 0.408 e. The standard InChI is InChI=1S/C18H15Cl2F3N4O3/c1-8(18(21,22)23)25-17(30)15(28)14-13(20)12(10-3-2-6-27(10)14)16(29)26-9-4-5-24-11(19)7-9/h4-5,7-8H,2-3,6H2,1H3,(H,25,30)(H,24,26,29). The molecule has 2 aromatic heterocycles. The molecule has 1 aliphatic heterocycles. The summed E-state index contributed by atoms with van der Waals surface area (Å²) in [6.07, 6.45) is -2.34. The number of carbonyl (C=O) groups excluding carboxylic acids is 3. The lowest BCUT2D eigenvalue weighted by atomic mass is 10.1. The van der Waals surface area contributed by atoms with Crippen molar-refractivity contribution < 1.29 is 27.6 Å². The highest BCUT2D eigenvalue weighted by atomic mass is 35.5. The van der Waals surface area contributed by atoms with E-state index >= 15 is 0 Å². The quantitative estimate of drug-likeness (QED) is 0.403. The van der Waals surface area contributed by atoms with Gasteiger partial charge in [0.05, 0.1) is 10.6 Å². The van der Waals surface area contributed by atoms with Crippen molar-refractivity contribution in [2.45, 2.75) is 38.5 Å². The zero-order chi connectivity index (χ0) is 22.2. The minimum atomic E-state index is -4.71. The molecule has 7 nitrogen and oxygen atoms in total. The Balaban J connectivity index is 1.91. The minimum absolute atomic E-state index is 0.0119. The molecule has 160 valence electrons. The van der Waals surface area contributed by atoms with Crippen LogP contribution in [0.5, 0.6) is 0 Å². The van der Waals surface area contributed by atoms with E-state index in [9.17, 15) is 27.6 Å². The Morgan fingerprint density at radius 3 is 2.60 bits per heavy atom. The van der Waals surface area contributed by atoms with Gasteiger partial charge in [-0.1, -0.05) is 23.2 Å². The van der Waals surface area contributed by atoms with Crippen LogP contribution in [0.2, 0.25) is 10.2 Å². The fourth-order valence-corrected chi connectivity index (χ4v) is 3.68. The van der Waals surface area contributed by atoms with Gasteiger partial charge in [-0.2, -0.15) is 13.2 Å². The van der Waals surface area contributed by atoms with Gasteiger partial charge >= 0.3 is 6.18 Å². The fourth-order valence-electron chi connectivity index (χ4n) is 3.12. The molecule has 2 N–H and O–H groups in total. The van der Waals surface area contributed by atoms with E-state index < -0.39 is 29.8 Å². The average Bonchev–Trinajstić information content (AvgIpc) is 3.19. The Bertz CT molecular complexity index is 1040. The third kappa shape index (κ3) is 4.29. The fraction of sp³-hybridized carbons (Fsp3) is 0.333. The number of halogens is 5. The Morgan fingerprint density at radius 2 is 1.97 bits per heavy atom. The van der Waals surface area contributed by atoms with Gasteiger partial charge in [-0.05, 0) is 31.9 Å². The number of fused-ring (bicyclic) bond motifs is 1. The molecule has 0 fully saturated rings. The van der Waals surface area contributed by atoms with E-state index in [0.29, 0.717) is 37.7 Å². The lowest BCUT2D eigenvalue weighted by Gasteiger charge is -2.16. The molecule has 3 rings (SSSR count). The summed E-state index contributed by atoms with van der Waals surface area (Å²) in [4.78, 5) is 41.3. The van der Waals surface area contributed by atoms with E-state index in [2.05, 4.69) is 10.3 Å². The van der Waals surface area contributed by atoms with Gasteiger partial charge in [-0.15, -0.1) is 0 Å². The number of ketones is 1. The van der Waals surface area contributed by atoms with Crippen LogP contribution in [-0.2, 0) is 17.8 Å². The molecule has 0 aromatic carbocycles. The number of nitrogens with one attached hydrogen (secondary N) is 2. The Morgan fingerprint density at radius 1 is 1.27 bits per heavy atom. The number of rotatable bonds is 5. The van der Waals surface area contributed by atoms with Gasteiger partial charge in [-0.25, -0.2) is 4.98 Å². The molecule has 0 radical (unpaired) electrons. The van der Waals surface area contributed by atoms with Gasteiger partial charge in [0, 0.05) is 24.1 Å². The zero-order valence-corrected chi connectivity index (χ0v) is 17.0. The molecule has 0 spiro atoms. The molecule has 2 aromatic rings. The van der Waals surface area contributed by atoms with Crippen molar-refractivity contribution in [2.24, 2.45) is 0 Å². The summed E-state index contributed by atoms with van der Waals surface area (Å²) in [5, 5.41) is 4.05. The number of nitrogens with zero attached hydrogens (tertiary/aromatic N) is 2. The maximum absolute atomic E-state index is 12.8. The van der Waals surface area contributed by atoms with E-state index in [-0.39, 0.29) is 21.4 Å². The van der Waals surface area contributed by atoms with Gasteiger partial charge in [0.15, 0.2) is 0 Å². The van der Waals surface area contributed by atoms with E-state index in [1.807, 2.05) is 0 Å². The monoisotopic (exact) mass is 462 g/mol. The summed E-state index contributed by atoms with van der Waals surface area (Å²) >= 11 is 12.1. The molecular weight excluding hydrogens is 448 g/mol. The van der Waals surface area contributed by atoms with Crippen LogP contribution >= 0.6 is 23.2 Å². The Hall–Kier alpha value is -2.59. The molecule has 0 bridgehead atoms. The third-order valence-corrected chi connectivity index (χ3v) is 5.15. The Kier molecular flexibility index (Phi) is 6.09. The lowest BCUT2D eigenvalue weighted by molar-refractivity contribution is -0.156. The highest BCUT2D eigenvalue weighted by molar-refractivity contribution is 6.48. The molecular formula is C18H15Cl2F3N4O3. The van der Waals surface area contributed by atoms with E-state index in [1.54, 1.807) is 5.32 Å². The highest BCUT2D eigenvalue weighted by Crippen LogP contribution is 2.34. The topological polar surface area (TPSA) is 93.1 Å². The first-order chi connectivity index (χ1) is 14.0. The van der Waals surface area contributed by atoms with Gasteiger partial charge in [0.1, 0.15) is 16.9 Å². The van der Waals surface area contributed by atoms with Crippen molar-refractivity contribution in [3.63, 3.8) is 0 Å². The van der Waals surface area contributed by atoms with Crippen LogP contribution in [0.25, 0.3) is 0 Å². The van der Waals surface area contributed by atoms with Crippen molar-refractivity contribution in [3.8, 4) is 0 Å². The summed E-state index contributed by atoms with van der Waals surface area (Å²) in [6, 6.07) is 0.674. The van der Waals surface area contributed by atoms with Crippen LogP contribution < -0.4 is 10.6 Å². The van der Waals surface area contributed by atoms with E-state index in [1.165, 1.54) is 22.9 Å². The summed E-state index contributed by atoms with van der Waals surface area (Å²) in [7, 11) is 0. The zero-order valence-electron chi connectivity index (χ0n) is 15.4. The summed E-state index contributed by atoms with van der Waals surface area (Å²) < 4.78 is 39.5. The molecule has 1 aliphatic rings. The highest BCUT2D eigenvalue weighted by Gasteiger charge is 2.40. The van der Waals surface area contributed by atoms with Gasteiger partial charge in [0.25, 0.3) is 17.6 Å². The second-order valence-corrected chi connectivity index (χ2v) is 7.39. The van der Waals surface area contributed by atoms with Crippen molar-refractivity contribution in [3.05, 3.63) is 45.5 Å². The number of carbonyl (C=O) groups is 3. The predicted molar refractivity (Wildman–Crippen MR) is 103 cm³/mol. The molecule has 3 heterocycles. The molecule has 1 atom stereocenters. The number of Topliss-reactive ketones (excluding diaryl/α,β-unsaturated/α-hetero) is 1. The Labute approximate surface area is 178 Å². The van der Waals surface area contributed by atoms with Crippen LogP contribution in [0, 0.1) is 0 Å². The first-order valence-electron chi connectivity index (χ1n) is 8.76. The van der Waals surface area contributed by atoms with Crippen LogP contribution in [0.15, 0.2) is 18.3 Å². The van der Waals surface area contributed by atoms with Gasteiger partial charge < -0.3 is 15.2 Å². The van der Waals surface area contributed by atoms with Crippen molar-refractivity contribution in [1.29, 1.82) is 0 Å². The SMILES string of the molecule is CC(NC(=O)C(=O)c1c(Cl)c(C(=O)Nc2ccnc(Cl)c2)c2n1CCC2)C(F)(F)F. The third-order valence-electron chi connectivity index (χ3n) is 4.58. The molecule has 0 saturated carbocycles. The number of pyridine rings is 1. The van der Waals surface area contributed by atoms with Crippen LogP contribution in [-0.4, -0.2) is 39.4 Å². The van der Waals surface area contributed by atoms with Crippen molar-refractivity contribution in [1.82, 2.24) is 14.9 Å². The molecule has 30 heavy (non-hydrogen) atoms. The molecule has 2 amide bonds. The largest absolute Gasteiger partial charge is 0.408 e. The van der Waals surface area contributed by atoms with Crippen LogP contribution in [0.4, 0.5) is 18.9 Å². The van der Waals surface area contributed by atoms with Gasteiger partial charge in [-0.3, -0.25) is 14.4 Å². The van der Waals surface area contributed by atoms with E-state index in [4.69, 9.17) is 23.2 Å². The number of aromatic nitrogens is 2. The first-order valence-corrected chi connectivity index (χ1v) is 9.52. The molecule has 0 saturated heterocycles. The smallest absolute Gasteiger partial charge is 0.340 e. The number of hydrogen-bond donors (Lipinski definition) is 2. The molecule has 12 heteroatoms. The maximum atomic E-state index is 12.8. The number of anilines is 1. The number of hydrogen-bond acceptors (Lipinski definition) is 4. The van der Waals surface area contributed by atoms with Gasteiger partial charge in [0.2, 0.25) is 0 Å². The molecule has 1 unspecified atom stereocenters. The lowest BCUT2D eigenvalue weighted by Crippen LogP contribution is -2.46. The summed E-state index contributed by atoms with van der Waals surface area (Å²) in [6.45, 7) is 1.01. The minimum Gasteiger partial charge on any atom is -0.340 e. The number of amides is 2. The summed E-state index contributed by atoms with van der Waals surface area (Å²) in [5.74, 6) is -3.34. The average molecular weight is 463 g/mol.